The molecule has 0 spiro atoms. The maximum atomic E-state index is 12.2. The first-order valence-corrected chi connectivity index (χ1v) is 11.0. The Morgan fingerprint density at radius 2 is 1.58 bits per heavy atom. The van der Waals surface area contributed by atoms with Crippen LogP contribution in [0, 0.1) is 0 Å². The van der Waals surface area contributed by atoms with Gasteiger partial charge in [-0.2, -0.15) is 0 Å². The van der Waals surface area contributed by atoms with E-state index in [-0.39, 0.29) is 24.9 Å². The minimum atomic E-state index is -0.471. The van der Waals surface area contributed by atoms with Crippen molar-refractivity contribution < 1.29 is 28.6 Å². The van der Waals surface area contributed by atoms with Crippen molar-refractivity contribution in [1.82, 2.24) is 10.9 Å². The van der Waals surface area contributed by atoms with Gasteiger partial charge >= 0.3 is 0 Å². The smallest absolute Gasteiger partial charge is 0.269 e. The Morgan fingerprint density at radius 3 is 2.24 bits per heavy atom. The second-order valence-electron chi connectivity index (χ2n) is 7.48. The molecule has 0 aliphatic carbocycles. The van der Waals surface area contributed by atoms with Gasteiger partial charge in [-0.1, -0.05) is 0 Å². The minimum Gasteiger partial charge on any atom is -0.494 e. The van der Waals surface area contributed by atoms with E-state index >= 15 is 0 Å². The summed E-state index contributed by atoms with van der Waals surface area (Å²) in [4.78, 5) is 36.2. The summed E-state index contributed by atoms with van der Waals surface area (Å²) in [7, 11) is 0. The van der Waals surface area contributed by atoms with Crippen LogP contribution in [0.25, 0.3) is 0 Å². The van der Waals surface area contributed by atoms with E-state index in [1.165, 1.54) is 0 Å². The topological polar surface area (TPSA) is 115 Å². The van der Waals surface area contributed by atoms with Crippen molar-refractivity contribution in [3.05, 3.63) is 54.1 Å². The Balaban J connectivity index is 1.33. The maximum absolute atomic E-state index is 12.2. The summed E-state index contributed by atoms with van der Waals surface area (Å²) in [6.07, 6.45) is 2.06. The van der Waals surface area contributed by atoms with Gasteiger partial charge in [0.15, 0.2) is 0 Å². The van der Waals surface area contributed by atoms with Crippen molar-refractivity contribution >= 4 is 23.4 Å². The van der Waals surface area contributed by atoms with Gasteiger partial charge in [0, 0.05) is 30.7 Å². The van der Waals surface area contributed by atoms with Crippen molar-refractivity contribution in [1.29, 1.82) is 0 Å². The number of carbonyl (C=O) groups excluding carboxylic acids is 3. The number of carbonyl (C=O) groups is 3. The quantitative estimate of drug-likeness (QED) is 0.475. The minimum absolute atomic E-state index is 0.0222. The fourth-order valence-corrected chi connectivity index (χ4v) is 3.18. The average Bonchev–Trinajstić information content (AvgIpc) is 3.35. The molecular weight excluding hydrogens is 426 g/mol. The Morgan fingerprint density at radius 1 is 0.909 bits per heavy atom. The summed E-state index contributed by atoms with van der Waals surface area (Å²) in [5, 5.41) is 2.71. The molecule has 9 heteroatoms. The SMILES string of the molecule is CCOc1ccc(NC(=O)CCC(=O)NNC(=O)c2ccc(OCC3CCCO3)cc2)cc1. The molecule has 2 aromatic carbocycles. The fourth-order valence-electron chi connectivity index (χ4n) is 3.18. The second kappa shape index (κ2) is 12.4. The fraction of sp³-hybridized carbons (Fsp3) is 0.375. The normalized spacial score (nSPS) is 14.9. The third-order valence-electron chi connectivity index (χ3n) is 4.92. The van der Waals surface area contributed by atoms with Gasteiger partial charge in [0.1, 0.15) is 18.1 Å². The summed E-state index contributed by atoms with van der Waals surface area (Å²) in [6, 6.07) is 13.6. The van der Waals surface area contributed by atoms with Gasteiger partial charge in [0.25, 0.3) is 5.91 Å². The van der Waals surface area contributed by atoms with E-state index in [9.17, 15) is 14.4 Å². The average molecular weight is 456 g/mol. The molecule has 1 fully saturated rings. The van der Waals surface area contributed by atoms with Gasteiger partial charge in [-0.25, -0.2) is 0 Å². The van der Waals surface area contributed by atoms with Gasteiger partial charge in [-0.05, 0) is 68.3 Å². The molecule has 1 aliphatic heterocycles. The highest BCUT2D eigenvalue weighted by atomic mass is 16.5. The van der Waals surface area contributed by atoms with Crippen molar-refractivity contribution in [2.45, 2.75) is 38.7 Å². The number of ether oxygens (including phenoxy) is 3. The van der Waals surface area contributed by atoms with Crippen molar-refractivity contribution in [2.24, 2.45) is 0 Å². The Kier molecular flexibility index (Phi) is 9.08. The maximum Gasteiger partial charge on any atom is 0.269 e. The van der Waals surface area contributed by atoms with Crippen LogP contribution in [0.3, 0.4) is 0 Å². The predicted molar refractivity (Wildman–Crippen MR) is 122 cm³/mol. The number of nitrogens with one attached hydrogen (secondary N) is 3. The molecule has 0 bridgehead atoms. The first-order valence-electron chi connectivity index (χ1n) is 11.0. The molecule has 2 aromatic rings. The summed E-state index contributed by atoms with van der Waals surface area (Å²) in [5.74, 6) is 0.116. The van der Waals surface area contributed by atoms with Crippen molar-refractivity contribution in [2.75, 3.05) is 25.1 Å². The lowest BCUT2D eigenvalue weighted by Gasteiger charge is -2.12. The number of hydrogen-bond donors (Lipinski definition) is 3. The highest BCUT2D eigenvalue weighted by molar-refractivity contribution is 5.96. The van der Waals surface area contributed by atoms with Crippen LogP contribution in [0.1, 0.15) is 43.0 Å². The number of hydrazine groups is 1. The molecule has 1 saturated heterocycles. The van der Waals surface area contributed by atoms with Crippen LogP contribution < -0.4 is 25.6 Å². The molecule has 33 heavy (non-hydrogen) atoms. The zero-order valence-corrected chi connectivity index (χ0v) is 18.6. The summed E-state index contributed by atoms with van der Waals surface area (Å²) in [6.45, 7) is 3.70. The van der Waals surface area contributed by atoms with E-state index in [2.05, 4.69) is 16.2 Å². The third kappa shape index (κ3) is 8.12. The van der Waals surface area contributed by atoms with Crippen LogP contribution in [0.2, 0.25) is 0 Å². The predicted octanol–water partition coefficient (Wildman–Crippen LogP) is 2.82. The van der Waals surface area contributed by atoms with Gasteiger partial charge in [0.05, 0.1) is 12.7 Å². The Hall–Kier alpha value is -3.59. The summed E-state index contributed by atoms with van der Waals surface area (Å²) >= 11 is 0. The number of anilines is 1. The molecule has 3 amide bonds. The van der Waals surface area contributed by atoms with Crippen LogP contribution >= 0.6 is 0 Å². The first kappa shape index (κ1) is 24.1. The van der Waals surface area contributed by atoms with E-state index in [1.54, 1.807) is 48.5 Å². The third-order valence-corrected chi connectivity index (χ3v) is 4.92. The zero-order valence-electron chi connectivity index (χ0n) is 18.6. The Bertz CT molecular complexity index is 924. The van der Waals surface area contributed by atoms with Crippen LogP contribution in [0.5, 0.6) is 11.5 Å². The molecule has 1 unspecified atom stereocenters. The highest BCUT2D eigenvalue weighted by Crippen LogP contribution is 2.17. The number of benzene rings is 2. The molecule has 0 aromatic heterocycles. The van der Waals surface area contributed by atoms with Crippen molar-refractivity contribution in [3.8, 4) is 11.5 Å². The van der Waals surface area contributed by atoms with Crippen LogP contribution in [-0.4, -0.2) is 43.6 Å². The van der Waals surface area contributed by atoms with Gasteiger partial charge < -0.3 is 19.5 Å². The zero-order chi connectivity index (χ0) is 23.5. The van der Waals surface area contributed by atoms with E-state index < -0.39 is 11.8 Å². The molecule has 1 heterocycles. The van der Waals surface area contributed by atoms with Gasteiger partial charge in [-0.15, -0.1) is 0 Å². The van der Waals surface area contributed by atoms with Crippen LogP contribution in [0.15, 0.2) is 48.5 Å². The lowest BCUT2D eigenvalue weighted by Crippen LogP contribution is -2.41. The summed E-state index contributed by atoms with van der Waals surface area (Å²) in [5.41, 5.74) is 5.64. The standard InChI is InChI=1S/C24H29N3O6/c1-2-31-19-11-7-18(8-12-19)25-22(28)13-14-23(29)26-27-24(30)17-5-9-20(10-6-17)33-16-21-4-3-15-32-21/h5-12,21H,2-4,13-16H2,1H3,(H,25,28)(H,26,29)(H,27,30). The number of rotatable bonds is 10. The van der Waals surface area contributed by atoms with Crippen LogP contribution in [-0.2, 0) is 14.3 Å². The van der Waals surface area contributed by atoms with E-state index in [4.69, 9.17) is 14.2 Å². The molecular formula is C24H29N3O6. The first-order chi connectivity index (χ1) is 16.0. The second-order valence-corrected chi connectivity index (χ2v) is 7.48. The van der Waals surface area contributed by atoms with Gasteiger partial charge in [-0.3, -0.25) is 25.2 Å². The van der Waals surface area contributed by atoms with Crippen LogP contribution in [0.4, 0.5) is 5.69 Å². The molecule has 176 valence electrons. The molecule has 0 radical (unpaired) electrons. The van der Waals surface area contributed by atoms with E-state index in [1.807, 2.05) is 6.92 Å². The molecule has 3 rings (SSSR count). The van der Waals surface area contributed by atoms with Gasteiger partial charge in [0.2, 0.25) is 11.8 Å². The molecule has 1 atom stereocenters. The summed E-state index contributed by atoms with van der Waals surface area (Å²) < 4.78 is 16.5. The monoisotopic (exact) mass is 455 g/mol. The lowest BCUT2D eigenvalue weighted by molar-refractivity contribution is -0.124. The molecule has 0 saturated carbocycles. The largest absolute Gasteiger partial charge is 0.494 e. The van der Waals surface area contributed by atoms with E-state index in [0.717, 1.165) is 19.4 Å². The van der Waals surface area contributed by atoms with E-state index in [0.29, 0.717) is 36.0 Å². The number of amides is 3. The van der Waals surface area contributed by atoms with Crippen molar-refractivity contribution in [3.63, 3.8) is 0 Å². The lowest BCUT2D eigenvalue weighted by atomic mass is 10.2. The number of hydrogen-bond acceptors (Lipinski definition) is 6. The molecule has 3 N–H and O–H groups in total. The molecule has 9 nitrogen and oxygen atoms in total. The highest BCUT2D eigenvalue weighted by Gasteiger charge is 2.16. The molecule has 1 aliphatic rings. The Labute approximate surface area is 192 Å².